The van der Waals surface area contributed by atoms with Crippen LogP contribution in [-0.2, 0) is 0 Å². The molecule has 52 valence electrons. The summed E-state index contributed by atoms with van der Waals surface area (Å²) in [4.78, 5) is 4.95. The molecule has 0 rings (SSSR count). The molecule has 9 heavy (non-hydrogen) atoms. The third kappa shape index (κ3) is 4.28. The van der Waals surface area contributed by atoms with E-state index in [-0.39, 0.29) is 0 Å². The Hall–Kier alpha value is -0.240. The summed E-state index contributed by atoms with van der Waals surface area (Å²) >= 11 is 4.21. The minimum atomic E-state index is 0.483. The van der Waals surface area contributed by atoms with Gasteiger partial charge in [-0.05, 0) is 12.8 Å². The van der Waals surface area contributed by atoms with Gasteiger partial charge in [0.1, 0.15) is 0 Å². The smallest absolute Gasteiger partial charge is 0.0358 e. The van der Waals surface area contributed by atoms with E-state index in [1.54, 1.807) is 12.4 Å². The number of hydrogen-bond donors (Lipinski definition) is 1. The second-order valence-corrected chi connectivity index (χ2v) is 2.63. The Morgan fingerprint density at radius 2 is 2.11 bits per heavy atom. The Balaban J connectivity index is 3.84. The first-order valence-electron chi connectivity index (χ1n) is 3.05. The van der Waals surface area contributed by atoms with E-state index in [2.05, 4.69) is 31.5 Å². The average Bonchev–Trinajstić information content (AvgIpc) is 1.82. The zero-order chi connectivity index (χ0) is 7.28. The largest absolute Gasteiger partial charge is 0.269 e. The fraction of sp³-hybridized carbons (Fsp3) is 0.571. The van der Waals surface area contributed by atoms with Crippen LogP contribution in [0.15, 0.2) is 16.1 Å². The normalized spacial score (nSPS) is 13.7. The standard InChI is InChI=1S/C7H13NS/c1-4-8-5-7(9)6(2)3/h4-6,9H,1-3H3/b7-5-,8-4-. The molecule has 2 heteroatoms. The van der Waals surface area contributed by atoms with Crippen LogP contribution in [-0.4, -0.2) is 6.21 Å². The van der Waals surface area contributed by atoms with Gasteiger partial charge in [0.25, 0.3) is 0 Å². The fourth-order valence-electron chi connectivity index (χ4n) is 0.300. The van der Waals surface area contributed by atoms with Gasteiger partial charge in [0.05, 0.1) is 0 Å². The highest BCUT2D eigenvalue weighted by atomic mass is 32.1. The molecule has 0 aromatic rings. The lowest BCUT2D eigenvalue weighted by molar-refractivity contribution is 0.815. The number of aliphatic imine (C=N–C) groups is 1. The van der Waals surface area contributed by atoms with Crippen molar-refractivity contribution in [2.75, 3.05) is 0 Å². The van der Waals surface area contributed by atoms with Crippen LogP contribution in [0.2, 0.25) is 0 Å². The molecule has 1 nitrogen and oxygen atoms in total. The van der Waals surface area contributed by atoms with E-state index < -0.39 is 0 Å². The lowest BCUT2D eigenvalue weighted by atomic mass is 10.2. The molecular formula is C7H13NS. The van der Waals surface area contributed by atoms with Crippen LogP contribution in [0.3, 0.4) is 0 Å². The zero-order valence-electron chi connectivity index (χ0n) is 6.13. The van der Waals surface area contributed by atoms with E-state index in [0.29, 0.717) is 5.92 Å². The van der Waals surface area contributed by atoms with Crippen molar-refractivity contribution >= 4 is 18.8 Å². The van der Waals surface area contributed by atoms with Crippen LogP contribution in [0.5, 0.6) is 0 Å². The Morgan fingerprint density at radius 1 is 1.56 bits per heavy atom. The molecule has 0 fully saturated rings. The number of thiol groups is 1. The van der Waals surface area contributed by atoms with Crippen molar-refractivity contribution < 1.29 is 0 Å². The molecule has 0 saturated carbocycles. The van der Waals surface area contributed by atoms with Gasteiger partial charge in [0, 0.05) is 17.3 Å². The number of allylic oxidation sites excluding steroid dienone is 1. The van der Waals surface area contributed by atoms with Gasteiger partial charge in [-0.3, -0.25) is 4.99 Å². The number of rotatable bonds is 2. The van der Waals surface area contributed by atoms with Crippen molar-refractivity contribution in [1.29, 1.82) is 0 Å². The van der Waals surface area contributed by atoms with Crippen molar-refractivity contribution in [2.45, 2.75) is 20.8 Å². The Bertz CT molecular complexity index is 125. The summed E-state index contributed by atoms with van der Waals surface area (Å²) in [6.45, 7) is 6.06. The number of nitrogens with zero attached hydrogens (tertiary/aromatic N) is 1. The van der Waals surface area contributed by atoms with Gasteiger partial charge in [0.15, 0.2) is 0 Å². The second-order valence-electron chi connectivity index (χ2n) is 2.12. The summed E-state index contributed by atoms with van der Waals surface area (Å²) < 4.78 is 0. The van der Waals surface area contributed by atoms with Gasteiger partial charge < -0.3 is 0 Å². The summed E-state index contributed by atoms with van der Waals surface area (Å²) in [5.41, 5.74) is 0. The summed E-state index contributed by atoms with van der Waals surface area (Å²) in [6.07, 6.45) is 3.52. The highest BCUT2D eigenvalue weighted by molar-refractivity contribution is 7.84. The predicted octanol–water partition coefficient (Wildman–Crippen LogP) is 2.50. The monoisotopic (exact) mass is 143 g/mol. The van der Waals surface area contributed by atoms with Crippen LogP contribution < -0.4 is 0 Å². The van der Waals surface area contributed by atoms with Crippen molar-refractivity contribution in [3.8, 4) is 0 Å². The van der Waals surface area contributed by atoms with Gasteiger partial charge in [-0.2, -0.15) is 0 Å². The average molecular weight is 143 g/mol. The SMILES string of the molecule is C/C=N\C=C(/S)C(C)C. The third-order valence-corrected chi connectivity index (χ3v) is 1.58. The van der Waals surface area contributed by atoms with Gasteiger partial charge in [0.2, 0.25) is 0 Å². The van der Waals surface area contributed by atoms with E-state index in [1.165, 1.54) is 0 Å². The molecule has 0 atom stereocenters. The molecule has 0 aliphatic rings. The van der Waals surface area contributed by atoms with Gasteiger partial charge >= 0.3 is 0 Å². The zero-order valence-corrected chi connectivity index (χ0v) is 7.02. The summed E-state index contributed by atoms with van der Waals surface area (Å²) in [6, 6.07) is 0. The Labute approximate surface area is 62.3 Å². The topological polar surface area (TPSA) is 12.4 Å². The maximum absolute atomic E-state index is 4.21. The first-order chi connectivity index (χ1) is 4.18. The lowest BCUT2D eigenvalue weighted by Gasteiger charge is -1.99. The van der Waals surface area contributed by atoms with E-state index in [9.17, 15) is 0 Å². The van der Waals surface area contributed by atoms with Gasteiger partial charge in [-0.15, -0.1) is 12.6 Å². The first kappa shape index (κ1) is 8.76. The third-order valence-electron chi connectivity index (χ3n) is 0.947. The van der Waals surface area contributed by atoms with Gasteiger partial charge in [-0.1, -0.05) is 13.8 Å². The maximum Gasteiger partial charge on any atom is 0.0358 e. The van der Waals surface area contributed by atoms with Gasteiger partial charge in [-0.25, -0.2) is 0 Å². The molecule has 0 aromatic carbocycles. The minimum absolute atomic E-state index is 0.483. The maximum atomic E-state index is 4.21. The van der Waals surface area contributed by atoms with Crippen LogP contribution in [0.25, 0.3) is 0 Å². The predicted molar refractivity (Wildman–Crippen MR) is 46.1 cm³/mol. The summed E-state index contributed by atoms with van der Waals surface area (Å²) in [5.74, 6) is 0.483. The van der Waals surface area contributed by atoms with Crippen molar-refractivity contribution in [3.05, 3.63) is 11.1 Å². The molecule has 0 aromatic heterocycles. The molecule has 0 amide bonds. The molecule has 0 N–H and O–H groups in total. The van der Waals surface area contributed by atoms with Crippen molar-refractivity contribution in [2.24, 2.45) is 10.9 Å². The molecule has 0 aliphatic carbocycles. The molecule has 0 heterocycles. The fourth-order valence-corrected chi connectivity index (χ4v) is 0.367. The molecule has 0 bridgehead atoms. The van der Waals surface area contributed by atoms with E-state index in [4.69, 9.17) is 0 Å². The Morgan fingerprint density at radius 3 is 2.44 bits per heavy atom. The highest BCUT2D eigenvalue weighted by Crippen LogP contribution is 2.12. The first-order valence-corrected chi connectivity index (χ1v) is 3.50. The van der Waals surface area contributed by atoms with E-state index in [1.807, 2.05) is 6.92 Å². The van der Waals surface area contributed by atoms with Crippen molar-refractivity contribution in [1.82, 2.24) is 0 Å². The Kier molecular flexibility index (Phi) is 4.50. The molecular weight excluding hydrogens is 130 g/mol. The summed E-state index contributed by atoms with van der Waals surface area (Å²) in [7, 11) is 0. The molecule has 0 unspecified atom stereocenters. The molecule has 0 saturated heterocycles. The van der Waals surface area contributed by atoms with Crippen LogP contribution in [0.4, 0.5) is 0 Å². The van der Waals surface area contributed by atoms with Crippen LogP contribution in [0.1, 0.15) is 20.8 Å². The minimum Gasteiger partial charge on any atom is -0.269 e. The van der Waals surface area contributed by atoms with Crippen LogP contribution >= 0.6 is 12.6 Å². The number of hydrogen-bond acceptors (Lipinski definition) is 2. The molecule has 0 spiro atoms. The molecule has 0 radical (unpaired) electrons. The summed E-state index contributed by atoms with van der Waals surface area (Å²) in [5, 5.41) is 0. The van der Waals surface area contributed by atoms with Crippen LogP contribution in [0, 0.1) is 5.92 Å². The lowest BCUT2D eigenvalue weighted by Crippen LogP contribution is -1.83. The quantitative estimate of drug-likeness (QED) is 0.450. The van der Waals surface area contributed by atoms with E-state index >= 15 is 0 Å². The molecule has 0 aliphatic heterocycles. The highest BCUT2D eigenvalue weighted by Gasteiger charge is 1.93. The second kappa shape index (κ2) is 4.62. The van der Waals surface area contributed by atoms with E-state index in [0.717, 1.165) is 4.91 Å². The van der Waals surface area contributed by atoms with Crippen molar-refractivity contribution in [3.63, 3.8) is 0 Å².